The molecular weight excluding hydrogens is 270 g/mol. The normalized spacial score (nSPS) is 12.7. The summed E-state index contributed by atoms with van der Waals surface area (Å²) >= 11 is 0. The van der Waals surface area contributed by atoms with Gasteiger partial charge in [-0.3, -0.25) is 0 Å². The molecule has 1 N–H and O–H groups in total. The lowest BCUT2D eigenvalue weighted by atomic mass is 10.2. The standard InChI is InChI=1S/C15H23N3O3/c1-18-8-7-17-15(18)14(13-5-3-10-21-13)16-6-4-9-20-12-11-19-2/h3,5,7-8,10,14,16H,4,6,9,11-12H2,1-2H3. The van der Waals surface area contributed by atoms with E-state index in [4.69, 9.17) is 13.9 Å². The van der Waals surface area contributed by atoms with E-state index >= 15 is 0 Å². The third-order valence-electron chi connectivity index (χ3n) is 3.19. The first-order chi connectivity index (χ1) is 10.3. The molecule has 0 spiro atoms. The lowest BCUT2D eigenvalue weighted by Crippen LogP contribution is -2.26. The number of hydrogen-bond acceptors (Lipinski definition) is 5. The Morgan fingerprint density at radius 2 is 2.29 bits per heavy atom. The first kappa shape index (κ1) is 15.8. The van der Waals surface area contributed by atoms with E-state index in [0.29, 0.717) is 19.8 Å². The molecule has 2 heterocycles. The average Bonchev–Trinajstić information content (AvgIpc) is 3.14. The van der Waals surface area contributed by atoms with E-state index in [9.17, 15) is 0 Å². The van der Waals surface area contributed by atoms with Gasteiger partial charge in [-0.1, -0.05) is 0 Å². The molecule has 1 unspecified atom stereocenters. The largest absolute Gasteiger partial charge is 0.467 e. The number of furan rings is 1. The molecular formula is C15H23N3O3. The van der Waals surface area contributed by atoms with Crippen molar-refractivity contribution in [2.45, 2.75) is 12.5 Å². The molecule has 6 nitrogen and oxygen atoms in total. The van der Waals surface area contributed by atoms with Crippen molar-refractivity contribution in [2.24, 2.45) is 7.05 Å². The van der Waals surface area contributed by atoms with E-state index in [-0.39, 0.29) is 6.04 Å². The minimum absolute atomic E-state index is 0.0426. The fraction of sp³-hybridized carbons (Fsp3) is 0.533. The Morgan fingerprint density at radius 1 is 1.38 bits per heavy atom. The van der Waals surface area contributed by atoms with Crippen LogP contribution in [0.1, 0.15) is 24.0 Å². The number of aryl methyl sites for hydroxylation is 1. The van der Waals surface area contributed by atoms with Crippen LogP contribution in [-0.2, 0) is 16.5 Å². The van der Waals surface area contributed by atoms with Crippen molar-refractivity contribution in [3.05, 3.63) is 42.4 Å². The van der Waals surface area contributed by atoms with Gasteiger partial charge in [0.25, 0.3) is 0 Å². The maximum atomic E-state index is 5.52. The van der Waals surface area contributed by atoms with Crippen LogP contribution in [0.3, 0.4) is 0 Å². The molecule has 1 atom stereocenters. The summed E-state index contributed by atoms with van der Waals surface area (Å²) in [5.74, 6) is 1.80. The minimum atomic E-state index is -0.0426. The van der Waals surface area contributed by atoms with Gasteiger partial charge < -0.3 is 23.8 Å². The summed E-state index contributed by atoms with van der Waals surface area (Å²) in [5, 5.41) is 3.47. The van der Waals surface area contributed by atoms with Crippen molar-refractivity contribution in [1.82, 2.24) is 14.9 Å². The van der Waals surface area contributed by atoms with Crippen molar-refractivity contribution >= 4 is 0 Å². The molecule has 0 saturated heterocycles. The zero-order valence-corrected chi connectivity index (χ0v) is 12.6. The summed E-state index contributed by atoms with van der Waals surface area (Å²) in [6.45, 7) is 2.81. The predicted octanol–water partition coefficient (Wildman–Crippen LogP) is 1.75. The van der Waals surface area contributed by atoms with E-state index in [1.165, 1.54) is 0 Å². The Bertz CT molecular complexity index is 496. The fourth-order valence-electron chi connectivity index (χ4n) is 2.09. The van der Waals surface area contributed by atoms with Gasteiger partial charge in [-0.25, -0.2) is 4.98 Å². The molecule has 116 valence electrons. The molecule has 0 fully saturated rings. The lowest BCUT2D eigenvalue weighted by Gasteiger charge is -2.16. The zero-order chi connectivity index (χ0) is 14.9. The second kappa shape index (κ2) is 8.61. The Balaban J connectivity index is 1.83. The number of ether oxygens (including phenoxy) is 2. The highest BCUT2D eigenvalue weighted by molar-refractivity contribution is 5.15. The Kier molecular flexibility index (Phi) is 6.46. The summed E-state index contributed by atoms with van der Waals surface area (Å²) < 4.78 is 17.9. The molecule has 0 aromatic carbocycles. The van der Waals surface area contributed by atoms with Crippen molar-refractivity contribution in [3.63, 3.8) is 0 Å². The van der Waals surface area contributed by atoms with Gasteiger partial charge in [0, 0.05) is 33.2 Å². The van der Waals surface area contributed by atoms with Crippen molar-refractivity contribution in [1.29, 1.82) is 0 Å². The van der Waals surface area contributed by atoms with E-state index in [0.717, 1.165) is 24.6 Å². The van der Waals surface area contributed by atoms with Gasteiger partial charge in [0.05, 0.1) is 19.5 Å². The Labute approximate surface area is 125 Å². The van der Waals surface area contributed by atoms with Crippen LogP contribution in [-0.4, -0.2) is 43.0 Å². The first-order valence-electron chi connectivity index (χ1n) is 7.13. The highest BCUT2D eigenvalue weighted by atomic mass is 16.5. The third-order valence-corrected chi connectivity index (χ3v) is 3.19. The first-order valence-corrected chi connectivity index (χ1v) is 7.13. The second-order valence-corrected chi connectivity index (χ2v) is 4.76. The number of nitrogens with zero attached hydrogens (tertiary/aromatic N) is 2. The topological polar surface area (TPSA) is 61.5 Å². The van der Waals surface area contributed by atoms with Gasteiger partial charge in [0.1, 0.15) is 17.6 Å². The van der Waals surface area contributed by atoms with Crippen molar-refractivity contribution < 1.29 is 13.9 Å². The Hall–Kier alpha value is -1.63. The summed E-state index contributed by atoms with van der Waals surface area (Å²) in [5.41, 5.74) is 0. The molecule has 0 aliphatic heterocycles. The second-order valence-electron chi connectivity index (χ2n) is 4.76. The van der Waals surface area contributed by atoms with E-state index in [2.05, 4.69) is 10.3 Å². The molecule has 0 bridgehead atoms. The number of methoxy groups -OCH3 is 1. The number of nitrogens with one attached hydrogen (secondary N) is 1. The van der Waals surface area contributed by atoms with Crippen LogP contribution in [0.25, 0.3) is 0 Å². The van der Waals surface area contributed by atoms with Crippen LogP contribution in [0.4, 0.5) is 0 Å². The molecule has 0 radical (unpaired) electrons. The van der Waals surface area contributed by atoms with Gasteiger partial charge in [-0.15, -0.1) is 0 Å². The van der Waals surface area contributed by atoms with Crippen molar-refractivity contribution in [3.8, 4) is 0 Å². The van der Waals surface area contributed by atoms with Crippen LogP contribution in [0.2, 0.25) is 0 Å². The number of hydrogen-bond donors (Lipinski definition) is 1. The SMILES string of the molecule is COCCOCCCNC(c1ccco1)c1nccn1C. The summed E-state index contributed by atoms with van der Waals surface area (Å²) in [6.07, 6.45) is 6.33. The van der Waals surface area contributed by atoms with Gasteiger partial charge in [-0.2, -0.15) is 0 Å². The third kappa shape index (κ3) is 4.70. The van der Waals surface area contributed by atoms with E-state index in [1.54, 1.807) is 19.6 Å². The number of aromatic nitrogens is 2. The average molecular weight is 293 g/mol. The maximum Gasteiger partial charge on any atom is 0.133 e. The van der Waals surface area contributed by atoms with E-state index < -0.39 is 0 Å². The highest BCUT2D eigenvalue weighted by Crippen LogP contribution is 2.20. The molecule has 0 aliphatic carbocycles. The number of imidazole rings is 1. The fourth-order valence-corrected chi connectivity index (χ4v) is 2.09. The van der Waals surface area contributed by atoms with Gasteiger partial charge in [-0.05, 0) is 25.1 Å². The maximum absolute atomic E-state index is 5.52. The summed E-state index contributed by atoms with van der Waals surface area (Å²) in [4.78, 5) is 4.40. The van der Waals surface area contributed by atoms with Crippen LogP contribution in [0.15, 0.2) is 35.2 Å². The lowest BCUT2D eigenvalue weighted by molar-refractivity contribution is 0.0692. The highest BCUT2D eigenvalue weighted by Gasteiger charge is 2.19. The molecule has 21 heavy (non-hydrogen) atoms. The van der Waals surface area contributed by atoms with E-state index in [1.807, 2.05) is 29.9 Å². The monoisotopic (exact) mass is 293 g/mol. The molecule has 0 saturated carbocycles. The van der Waals surface area contributed by atoms with Crippen LogP contribution in [0.5, 0.6) is 0 Å². The molecule has 2 aromatic rings. The predicted molar refractivity (Wildman–Crippen MR) is 79.1 cm³/mol. The summed E-state index contributed by atoms with van der Waals surface area (Å²) in [6, 6.07) is 3.81. The molecule has 0 amide bonds. The number of rotatable bonds is 10. The Morgan fingerprint density at radius 3 is 2.95 bits per heavy atom. The minimum Gasteiger partial charge on any atom is -0.467 e. The van der Waals surface area contributed by atoms with Gasteiger partial charge >= 0.3 is 0 Å². The van der Waals surface area contributed by atoms with Gasteiger partial charge in [0.15, 0.2) is 0 Å². The molecule has 2 rings (SSSR count). The van der Waals surface area contributed by atoms with Gasteiger partial charge in [0.2, 0.25) is 0 Å². The van der Waals surface area contributed by atoms with Crippen LogP contribution in [0, 0.1) is 0 Å². The molecule has 2 aromatic heterocycles. The quantitative estimate of drug-likeness (QED) is 0.676. The van der Waals surface area contributed by atoms with Crippen molar-refractivity contribution in [2.75, 3.05) is 33.5 Å². The zero-order valence-electron chi connectivity index (χ0n) is 12.6. The molecule has 6 heteroatoms. The van der Waals surface area contributed by atoms with Crippen LogP contribution < -0.4 is 5.32 Å². The molecule has 0 aliphatic rings. The van der Waals surface area contributed by atoms with Crippen LogP contribution >= 0.6 is 0 Å². The summed E-state index contributed by atoms with van der Waals surface area (Å²) in [7, 11) is 3.65. The smallest absolute Gasteiger partial charge is 0.133 e.